The molecule has 0 aliphatic heterocycles. The van der Waals surface area contributed by atoms with Crippen LogP contribution in [0.25, 0.3) is 0 Å². The predicted octanol–water partition coefficient (Wildman–Crippen LogP) is 11.4. The van der Waals surface area contributed by atoms with Gasteiger partial charge in [-0.2, -0.15) is 0 Å². The van der Waals surface area contributed by atoms with Crippen LogP contribution in [-0.2, 0) is 0 Å². The Morgan fingerprint density at radius 2 is 0.943 bits per heavy atom. The highest BCUT2D eigenvalue weighted by atomic mass is 15.1. The van der Waals surface area contributed by atoms with E-state index >= 15 is 0 Å². The van der Waals surface area contributed by atoms with Crippen molar-refractivity contribution in [2.24, 2.45) is 0 Å². The highest BCUT2D eigenvalue weighted by molar-refractivity contribution is 4.90. The van der Waals surface area contributed by atoms with E-state index in [0.29, 0.717) is 12.0 Å². The van der Waals surface area contributed by atoms with E-state index in [2.05, 4.69) is 49.6 Å². The average molecular weight is 490 g/mol. The van der Waals surface area contributed by atoms with Gasteiger partial charge >= 0.3 is 0 Å². The Morgan fingerprint density at radius 3 is 1.34 bits per heavy atom. The first-order valence-electron chi connectivity index (χ1n) is 16.3. The van der Waals surface area contributed by atoms with Crippen LogP contribution in [0.3, 0.4) is 0 Å². The lowest BCUT2D eigenvalue weighted by atomic mass is 9.93. The van der Waals surface area contributed by atoms with Gasteiger partial charge < -0.3 is 0 Å². The van der Waals surface area contributed by atoms with Crippen LogP contribution in [0, 0.1) is 0 Å². The van der Waals surface area contributed by atoms with Crippen LogP contribution >= 0.6 is 0 Å². The molecule has 0 bridgehead atoms. The Balaban J connectivity index is 2.26. The molecule has 2 heteroatoms. The molecule has 0 fully saturated rings. The standard InChI is InChI=1S/C33H64N2/c1-5-8-10-12-14-15-16-17-18-19-20-21-23-25-28-32(27-24-22-13-11-9-6-2)33-34-29-30-35(33)31(4)26-7-3/h29-32H,5-28H2,1-4H3/p+1. The van der Waals surface area contributed by atoms with E-state index in [1.165, 1.54) is 160 Å². The maximum atomic E-state index is 3.67. The molecule has 0 saturated heterocycles. The van der Waals surface area contributed by atoms with Gasteiger partial charge in [-0.1, -0.05) is 156 Å². The lowest BCUT2D eigenvalue weighted by Gasteiger charge is -2.17. The van der Waals surface area contributed by atoms with Gasteiger partial charge in [0, 0.05) is 0 Å². The van der Waals surface area contributed by atoms with Crippen LogP contribution in [0.15, 0.2) is 12.4 Å². The minimum atomic E-state index is 0.615. The molecular weight excluding hydrogens is 424 g/mol. The molecule has 0 aliphatic carbocycles. The number of H-pyrrole nitrogens is 1. The largest absolute Gasteiger partial charge is 0.257 e. The summed E-state index contributed by atoms with van der Waals surface area (Å²) in [4.78, 5) is 3.67. The molecule has 1 aromatic rings. The summed E-state index contributed by atoms with van der Waals surface area (Å²) >= 11 is 0. The van der Waals surface area contributed by atoms with Crippen molar-refractivity contribution in [3.63, 3.8) is 0 Å². The molecule has 0 spiro atoms. The Labute approximate surface area is 221 Å². The van der Waals surface area contributed by atoms with Crippen LogP contribution in [0.2, 0.25) is 0 Å². The Hall–Kier alpha value is -0.790. The van der Waals surface area contributed by atoms with Crippen LogP contribution in [0.5, 0.6) is 0 Å². The van der Waals surface area contributed by atoms with Crippen molar-refractivity contribution in [2.75, 3.05) is 0 Å². The van der Waals surface area contributed by atoms with Gasteiger partial charge in [0.15, 0.2) is 0 Å². The minimum Gasteiger partial charge on any atom is -0.247 e. The average Bonchev–Trinajstić information content (AvgIpc) is 3.35. The van der Waals surface area contributed by atoms with Gasteiger partial charge in [0.2, 0.25) is 0 Å². The predicted molar refractivity (Wildman–Crippen MR) is 156 cm³/mol. The first kappa shape index (κ1) is 32.2. The molecule has 35 heavy (non-hydrogen) atoms. The molecule has 2 atom stereocenters. The molecule has 0 radical (unpaired) electrons. The van der Waals surface area contributed by atoms with Gasteiger partial charge in [0.05, 0.1) is 12.0 Å². The third-order valence-electron chi connectivity index (χ3n) is 8.12. The monoisotopic (exact) mass is 490 g/mol. The van der Waals surface area contributed by atoms with Crippen molar-refractivity contribution in [1.82, 2.24) is 4.98 Å². The normalized spacial score (nSPS) is 13.4. The van der Waals surface area contributed by atoms with Crippen molar-refractivity contribution in [1.29, 1.82) is 0 Å². The van der Waals surface area contributed by atoms with E-state index in [0.717, 1.165) is 0 Å². The van der Waals surface area contributed by atoms with Crippen molar-refractivity contribution in [3.8, 4) is 0 Å². The van der Waals surface area contributed by atoms with Gasteiger partial charge in [0.1, 0.15) is 12.4 Å². The summed E-state index contributed by atoms with van der Waals surface area (Å²) in [7, 11) is 0. The van der Waals surface area contributed by atoms with E-state index in [1.807, 2.05) is 0 Å². The minimum absolute atomic E-state index is 0.615. The van der Waals surface area contributed by atoms with Gasteiger partial charge in [-0.15, -0.1) is 0 Å². The first-order valence-corrected chi connectivity index (χ1v) is 16.3. The molecule has 1 heterocycles. The molecule has 1 aromatic heterocycles. The highest BCUT2D eigenvalue weighted by Gasteiger charge is 2.25. The van der Waals surface area contributed by atoms with Crippen LogP contribution < -0.4 is 4.57 Å². The summed E-state index contributed by atoms with van der Waals surface area (Å²) in [6.07, 6.45) is 38.4. The van der Waals surface area contributed by atoms with E-state index < -0.39 is 0 Å². The molecular formula is C33H65N2+. The number of unbranched alkanes of at least 4 members (excludes halogenated alkanes) is 18. The molecule has 2 nitrogen and oxygen atoms in total. The summed E-state index contributed by atoms with van der Waals surface area (Å²) in [6.45, 7) is 9.33. The zero-order valence-electron chi connectivity index (χ0n) is 24.7. The third-order valence-corrected chi connectivity index (χ3v) is 8.12. The Morgan fingerprint density at radius 1 is 0.543 bits per heavy atom. The Kier molecular flexibility index (Phi) is 21.7. The number of nitrogens with zero attached hydrogens (tertiary/aromatic N) is 1. The fourth-order valence-electron chi connectivity index (χ4n) is 5.80. The first-order chi connectivity index (χ1) is 17.2. The van der Waals surface area contributed by atoms with Gasteiger partial charge in [0.25, 0.3) is 5.82 Å². The SMILES string of the molecule is CCCCCCCCCCCCCCCCC(CCCCCCCC)c1[nH]cc[n+]1C(C)CCC. The molecule has 0 aromatic carbocycles. The molecule has 206 valence electrons. The topological polar surface area (TPSA) is 19.7 Å². The van der Waals surface area contributed by atoms with Crippen LogP contribution in [0.4, 0.5) is 0 Å². The Bertz CT molecular complexity index is 549. The number of imidazole rings is 1. The lowest BCUT2D eigenvalue weighted by Crippen LogP contribution is -2.41. The van der Waals surface area contributed by atoms with E-state index in [9.17, 15) is 0 Å². The number of hydrogen-bond donors (Lipinski definition) is 1. The molecule has 1 rings (SSSR count). The zero-order chi connectivity index (χ0) is 25.4. The molecule has 0 aliphatic rings. The second kappa shape index (κ2) is 23.6. The maximum absolute atomic E-state index is 3.67. The number of aromatic amines is 1. The number of aromatic nitrogens is 2. The van der Waals surface area contributed by atoms with Gasteiger partial charge in [-0.05, 0) is 26.2 Å². The molecule has 2 unspecified atom stereocenters. The van der Waals surface area contributed by atoms with E-state index in [-0.39, 0.29) is 0 Å². The number of hydrogen-bond acceptors (Lipinski definition) is 0. The fourth-order valence-corrected chi connectivity index (χ4v) is 5.80. The van der Waals surface area contributed by atoms with Gasteiger partial charge in [-0.3, -0.25) is 0 Å². The third kappa shape index (κ3) is 16.6. The van der Waals surface area contributed by atoms with Gasteiger partial charge in [-0.25, -0.2) is 9.55 Å². The van der Waals surface area contributed by atoms with Crippen molar-refractivity contribution in [3.05, 3.63) is 18.2 Å². The van der Waals surface area contributed by atoms with E-state index in [1.54, 1.807) is 0 Å². The van der Waals surface area contributed by atoms with Crippen LogP contribution in [0.1, 0.15) is 200 Å². The summed E-state index contributed by atoms with van der Waals surface area (Å²) < 4.78 is 2.56. The summed E-state index contributed by atoms with van der Waals surface area (Å²) in [5.41, 5.74) is 0. The second-order valence-electron chi connectivity index (χ2n) is 11.5. The van der Waals surface area contributed by atoms with Crippen LogP contribution in [-0.4, -0.2) is 4.98 Å². The quantitative estimate of drug-likeness (QED) is 0.0985. The van der Waals surface area contributed by atoms with E-state index in [4.69, 9.17) is 0 Å². The molecule has 0 saturated carbocycles. The second-order valence-corrected chi connectivity index (χ2v) is 11.5. The molecule has 1 N–H and O–H groups in total. The van der Waals surface area contributed by atoms with Crippen molar-refractivity contribution in [2.45, 2.75) is 194 Å². The number of rotatable bonds is 26. The summed E-state index contributed by atoms with van der Waals surface area (Å²) in [5.74, 6) is 2.22. The lowest BCUT2D eigenvalue weighted by molar-refractivity contribution is -0.727. The summed E-state index contributed by atoms with van der Waals surface area (Å²) in [6, 6.07) is 0.615. The maximum Gasteiger partial charge on any atom is 0.257 e. The smallest absolute Gasteiger partial charge is 0.247 e. The highest BCUT2D eigenvalue weighted by Crippen LogP contribution is 2.27. The summed E-state index contributed by atoms with van der Waals surface area (Å²) in [5, 5.41) is 0. The van der Waals surface area contributed by atoms with Crippen molar-refractivity contribution < 1.29 is 4.57 Å². The zero-order valence-corrected chi connectivity index (χ0v) is 24.7. The van der Waals surface area contributed by atoms with Crippen molar-refractivity contribution >= 4 is 0 Å². The molecule has 0 amide bonds. The number of nitrogens with one attached hydrogen (secondary N) is 1. The fraction of sp³-hybridized carbons (Fsp3) is 0.909.